The Hall–Kier alpha value is -1.62. The van der Waals surface area contributed by atoms with Crippen LogP contribution in [-0.4, -0.2) is 9.97 Å². The summed E-state index contributed by atoms with van der Waals surface area (Å²) in [6.07, 6.45) is 0. The largest absolute Gasteiger partial charge is 0.438 e. The molecule has 0 aliphatic carbocycles. The van der Waals surface area contributed by atoms with Crippen molar-refractivity contribution in [3.8, 4) is 11.6 Å². The number of para-hydroxylation sites is 1. The first-order valence-electron chi connectivity index (χ1n) is 5.94. The van der Waals surface area contributed by atoms with Crippen LogP contribution in [-0.2, 0) is 5.41 Å². The molecule has 0 radical (unpaired) electrons. The lowest BCUT2D eigenvalue weighted by atomic mass is 9.92. The van der Waals surface area contributed by atoms with Gasteiger partial charge >= 0.3 is 0 Å². The molecule has 1 aromatic heterocycles. The Balaban J connectivity index is 2.44. The van der Waals surface area contributed by atoms with Crippen molar-refractivity contribution in [1.29, 1.82) is 0 Å². The first-order valence-corrected chi connectivity index (χ1v) is 6.73. The minimum atomic E-state index is -0.148. The van der Waals surface area contributed by atoms with Gasteiger partial charge in [0, 0.05) is 5.41 Å². The van der Waals surface area contributed by atoms with Crippen molar-refractivity contribution in [2.24, 2.45) is 0 Å². The van der Waals surface area contributed by atoms with Crippen LogP contribution in [0.25, 0.3) is 0 Å². The number of benzene rings is 1. The molecule has 0 saturated carbocycles. The molecule has 2 rings (SSSR count). The van der Waals surface area contributed by atoms with Crippen LogP contribution in [0.5, 0.6) is 11.6 Å². The SMILES string of the molecule is CC(C)(C)c1nc(N)nc(Oc2ccccc2)c1Br. The Kier molecular flexibility index (Phi) is 3.75. The van der Waals surface area contributed by atoms with Gasteiger partial charge in [-0.15, -0.1) is 0 Å². The van der Waals surface area contributed by atoms with Crippen LogP contribution >= 0.6 is 15.9 Å². The predicted octanol–water partition coefficient (Wildman–Crippen LogP) is 3.91. The Labute approximate surface area is 121 Å². The molecule has 0 atom stereocenters. The van der Waals surface area contributed by atoms with E-state index in [1.54, 1.807) is 0 Å². The number of ether oxygens (including phenoxy) is 1. The molecule has 2 aromatic rings. The molecule has 0 unspecified atom stereocenters. The standard InChI is InChI=1S/C14H16BrN3O/c1-14(2,3)11-10(15)12(18-13(16)17-11)19-9-7-5-4-6-8-9/h4-8H,1-3H3,(H2,16,17,18). The zero-order valence-corrected chi connectivity index (χ0v) is 12.7. The first-order chi connectivity index (χ1) is 8.88. The molecule has 0 spiro atoms. The molecule has 1 aromatic carbocycles. The molecule has 2 N–H and O–H groups in total. The van der Waals surface area contributed by atoms with Crippen molar-refractivity contribution >= 4 is 21.9 Å². The number of rotatable bonds is 2. The van der Waals surface area contributed by atoms with Gasteiger partial charge in [0.15, 0.2) is 0 Å². The number of nitrogens with two attached hydrogens (primary N) is 1. The van der Waals surface area contributed by atoms with Crippen LogP contribution < -0.4 is 10.5 Å². The highest BCUT2D eigenvalue weighted by Gasteiger charge is 2.23. The van der Waals surface area contributed by atoms with E-state index in [1.807, 2.05) is 30.3 Å². The fourth-order valence-corrected chi connectivity index (χ4v) is 2.46. The van der Waals surface area contributed by atoms with E-state index in [-0.39, 0.29) is 11.4 Å². The minimum absolute atomic E-state index is 0.148. The molecule has 100 valence electrons. The second-order valence-corrected chi connectivity index (χ2v) is 6.01. The number of hydrogen-bond acceptors (Lipinski definition) is 4. The first kappa shape index (κ1) is 13.8. The van der Waals surface area contributed by atoms with Gasteiger partial charge in [0.05, 0.1) is 5.69 Å². The summed E-state index contributed by atoms with van der Waals surface area (Å²) in [5, 5.41) is 0. The third-order valence-electron chi connectivity index (χ3n) is 2.51. The van der Waals surface area contributed by atoms with Gasteiger partial charge in [-0.1, -0.05) is 39.0 Å². The lowest BCUT2D eigenvalue weighted by molar-refractivity contribution is 0.451. The second-order valence-electron chi connectivity index (χ2n) is 5.21. The summed E-state index contributed by atoms with van der Waals surface area (Å²) in [6, 6.07) is 9.46. The zero-order chi connectivity index (χ0) is 14.0. The average Bonchev–Trinajstić information content (AvgIpc) is 2.33. The number of anilines is 1. The summed E-state index contributed by atoms with van der Waals surface area (Å²) in [6.45, 7) is 6.18. The van der Waals surface area contributed by atoms with E-state index in [9.17, 15) is 0 Å². The van der Waals surface area contributed by atoms with Gasteiger partial charge in [-0.25, -0.2) is 4.98 Å². The molecular formula is C14H16BrN3O. The highest BCUT2D eigenvalue weighted by Crippen LogP contribution is 2.36. The molecule has 1 heterocycles. The van der Waals surface area contributed by atoms with E-state index in [1.165, 1.54) is 0 Å². The minimum Gasteiger partial charge on any atom is -0.438 e. The predicted molar refractivity (Wildman–Crippen MR) is 79.4 cm³/mol. The van der Waals surface area contributed by atoms with E-state index in [0.717, 1.165) is 10.2 Å². The van der Waals surface area contributed by atoms with E-state index in [4.69, 9.17) is 10.5 Å². The summed E-state index contributed by atoms with van der Waals surface area (Å²) in [7, 11) is 0. The summed E-state index contributed by atoms with van der Waals surface area (Å²) in [5.74, 6) is 1.35. The van der Waals surface area contributed by atoms with Crippen molar-refractivity contribution < 1.29 is 4.74 Å². The van der Waals surface area contributed by atoms with Gasteiger partial charge in [0.1, 0.15) is 10.2 Å². The number of nitrogen functional groups attached to an aromatic ring is 1. The topological polar surface area (TPSA) is 61.0 Å². The lowest BCUT2D eigenvalue weighted by Crippen LogP contribution is -2.17. The van der Waals surface area contributed by atoms with Gasteiger partial charge in [-0.2, -0.15) is 4.98 Å². The van der Waals surface area contributed by atoms with Crippen molar-refractivity contribution in [1.82, 2.24) is 9.97 Å². The maximum absolute atomic E-state index is 5.76. The summed E-state index contributed by atoms with van der Waals surface area (Å²) in [5.41, 5.74) is 6.43. The van der Waals surface area contributed by atoms with Crippen LogP contribution in [0, 0.1) is 0 Å². The molecule has 19 heavy (non-hydrogen) atoms. The molecule has 5 heteroatoms. The molecule has 0 aliphatic heterocycles. The number of nitrogens with zero attached hydrogens (tertiary/aromatic N) is 2. The Bertz CT molecular complexity index is 579. The summed E-state index contributed by atoms with van der Waals surface area (Å²) < 4.78 is 6.48. The molecule has 0 saturated heterocycles. The van der Waals surface area contributed by atoms with Crippen LogP contribution in [0.4, 0.5) is 5.95 Å². The van der Waals surface area contributed by atoms with Crippen molar-refractivity contribution in [3.63, 3.8) is 0 Å². The Morgan fingerprint density at radius 3 is 2.32 bits per heavy atom. The van der Waals surface area contributed by atoms with E-state index >= 15 is 0 Å². The number of halogens is 1. The van der Waals surface area contributed by atoms with Gasteiger partial charge < -0.3 is 10.5 Å². The van der Waals surface area contributed by atoms with E-state index in [2.05, 4.69) is 46.7 Å². The number of hydrogen-bond donors (Lipinski definition) is 1. The zero-order valence-electron chi connectivity index (χ0n) is 11.1. The van der Waals surface area contributed by atoms with Crippen LogP contribution in [0.15, 0.2) is 34.8 Å². The van der Waals surface area contributed by atoms with Crippen LogP contribution in [0.3, 0.4) is 0 Å². The highest BCUT2D eigenvalue weighted by atomic mass is 79.9. The lowest BCUT2D eigenvalue weighted by Gasteiger charge is -2.20. The van der Waals surface area contributed by atoms with Gasteiger partial charge in [0.2, 0.25) is 11.8 Å². The quantitative estimate of drug-likeness (QED) is 0.910. The Morgan fingerprint density at radius 2 is 1.74 bits per heavy atom. The smallest absolute Gasteiger partial charge is 0.238 e. The maximum Gasteiger partial charge on any atom is 0.238 e. The third-order valence-corrected chi connectivity index (χ3v) is 3.22. The molecule has 0 aliphatic rings. The molecule has 0 bridgehead atoms. The normalized spacial score (nSPS) is 11.4. The third kappa shape index (κ3) is 3.23. The fourth-order valence-electron chi connectivity index (χ4n) is 1.61. The fraction of sp³-hybridized carbons (Fsp3) is 0.286. The number of aromatic nitrogens is 2. The molecule has 4 nitrogen and oxygen atoms in total. The Morgan fingerprint density at radius 1 is 1.11 bits per heavy atom. The van der Waals surface area contributed by atoms with E-state index < -0.39 is 0 Å². The van der Waals surface area contributed by atoms with Crippen LogP contribution in [0.2, 0.25) is 0 Å². The van der Waals surface area contributed by atoms with Gasteiger partial charge in [0.25, 0.3) is 0 Å². The summed E-state index contributed by atoms with van der Waals surface area (Å²) in [4.78, 5) is 8.43. The second kappa shape index (κ2) is 5.17. The average molecular weight is 322 g/mol. The maximum atomic E-state index is 5.76. The van der Waals surface area contributed by atoms with E-state index in [0.29, 0.717) is 11.6 Å². The van der Waals surface area contributed by atoms with Crippen molar-refractivity contribution in [2.45, 2.75) is 26.2 Å². The highest BCUT2D eigenvalue weighted by molar-refractivity contribution is 9.10. The molecule has 0 amide bonds. The van der Waals surface area contributed by atoms with Gasteiger partial charge in [-0.3, -0.25) is 0 Å². The summed E-state index contributed by atoms with van der Waals surface area (Å²) >= 11 is 3.50. The molecule has 0 fully saturated rings. The van der Waals surface area contributed by atoms with Crippen molar-refractivity contribution in [2.75, 3.05) is 5.73 Å². The monoisotopic (exact) mass is 321 g/mol. The van der Waals surface area contributed by atoms with Crippen LogP contribution in [0.1, 0.15) is 26.5 Å². The van der Waals surface area contributed by atoms with Crippen molar-refractivity contribution in [3.05, 3.63) is 40.5 Å². The van der Waals surface area contributed by atoms with Gasteiger partial charge in [-0.05, 0) is 28.1 Å². The molecular weight excluding hydrogens is 306 g/mol.